The number of benzene rings is 1. The van der Waals surface area contributed by atoms with Crippen LogP contribution in [0.2, 0.25) is 0 Å². The van der Waals surface area contributed by atoms with E-state index in [-0.39, 0.29) is 18.3 Å². The third-order valence-corrected chi connectivity index (χ3v) is 3.58. The third-order valence-electron chi connectivity index (χ3n) is 2.79. The molecule has 8 heteroatoms. The Bertz CT molecular complexity index is 725. The van der Waals surface area contributed by atoms with E-state index >= 15 is 0 Å². The maximum Gasteiger partial charge on any atom is 0.311 e. The number of anilines is 2. The van der Waals surface area contributed by atoms with Crippen molar-refractivity contribution in [1.82, 2.24) is 4.98 Å². The van der Waals surface area contributed by atoms with Gasteiger partial charge in [-0.1, -0.05) is 12.1 Å². The maximum atomic E-state index is 11.4. The molecule has 0 bridgehead atoms. The SMILES string of the molecule is CCOC(=O)Cc1csc(NN=Cc2ccc(NC(C)=O)cc2)n1. The lowest BCUT2D eigenvalue weighted by molar-refractivity contribution is -0.142. The van der Waals surface area contributed by atoms with E-state index in [1.807, 2.05) is 12.1 Å². The molecular formula is C16H18N4O3S. The molecule has 0 aliphatic carbocycles. The van der Waals surface area contributed by atoms with E-state index in [0.29, 0.717) is 17.4 Å². The molecule has 1 aromatic carbocycles. The molecule has 0 aliphatic rings. The number of nitrogens with zero attached hydrogens (tertiary/aromatic N) is 2. The van der Waals surface area contributed by atoms with E-state index in [0.717, 1.165) is 11.3 Å². The number of hydrazone groups is 1. The van der Waals surface area contributed by atoms with E-state index in [4.69, 9.17) is 4.74 Å². The first-order valence-corrected chi connectivity index (χ1v) is 8.21. The number of ether oxygens (including phenoxy) is 1. The van der Waals surface area contributed by atoms with Crippen molar-refractivity contribution < 1.29 is 14.3 Å². The topological polar surface area (TPSA) is 92.7 Å². The second-order valence-corrected chi connectivity index (χ2v) is 5.66. The van der Waals surface area contributed by atoms with Crippen molar-refractivity contribution in [2.75, 3.05) is 17.3 Å². The first kappa shape index (κ1) is 17.6. The van der Waals surface area contributed by atoms with Crippen molar-refractivity contribution in [3.05, 3.63) is 40.9 Å². The van der Waals surface area contributed by atoms with Crippen molar-refractivity contribution in [1.29, 1.82) is 0 Å². The van der Waals surface area contributed by atoms with Gasteiger partial charge in [-0.15, -0.1) is 11.3 Å². The Labute approximate surface area is 143 Å². The molecule has 1 aromatic heterocycles. The van der Waals surface area contributed by atoms with Crippen LogP contribution in [-0.4, -0.2) is 29.7 Å². The summed E-state index contributed by atoms with van der Waals surface area (Å²) >= 11 is 1.36. The van der Waals surface area contributed by atoms with Gasteiger partial charge < -0.3 is 10.1 Å². The predicted octanol–water partition coefficient (Wildman–Crippen LogP) is 2.65. The Morgan fingerprint density at radius 3 is 2.75 bits per heavy atom. The monoisotopic (exact) mass is 346 g/mol. The van der Waals surface area contributed by atoms with E-state index in [1.54, 1.807) is 30.7 Å². The highest BCUT2D eigenvalue weighted by Gasteiger charge is 2.07. The van der Waals surface area contributed by atoms with Crippen LogP contribution < -0.4 is 10.7 Å². The summed E-state index contributed by atoms with van der Waals surface area (Å²) in [6, 6.07) is 7.27. The molecule has 0 unspecified atom stereocenters. The zero-order valence-corrected chi connectivity index (χ0v) is 14.2. The molecule has 0 fully saturated rings. The van der Waals surface area contributed by atoms with Gasteiger partial charge in [0.15, 0.2) is 0 Å². The van der Waals surface area contributed by atoms with Crippen LogP contribution in [0.15, 0.2) is 34.7 Å². The maximum absolute atomic E-state index is 11.4. The van der Waals surface area contributed by atoms with Gasteiger partial charge in [-0.2, -0.15) is 5.10 Å². The van der Waals surface area contributed by atoms with Gasteiger partial charge in [0.05, 0.1) is 24.9 Å². The number of hydrogen-bond acceptors (Lipinski definition) is 7. The Morgan fingerprint density at radius 2 is 2.08 bits per heavy atom. The van der Waals surface area contributed by atoms with Crippen molar-refractivity contribution in [3.63, 3.8) is 0 Å². The second kappa shape index (κ2) is 8.78. The van der Waals surface area contributed by atoms with Crippen molar-refractivity contribution in [2.45, 2.75) is 20.3 Å². The summed E-state index contributed by atoms with van der Waals surface area (Å²) in [6.45, 7) is 3.59. The fourth-order valence-electron chi connectivity index (χ4n) is 1.82. The van der Waals surface area contributed by atoms with Gasteiger partial charge >= 0.3 is 5.97 Å². The fraction of sp³-hybridized carbons (Fsp3) is 0.250. The molecule has 7 nitrogen and oxygen atoms in total. The van der Waals surface area contributed by atoms with Crippen molar-refractivity contribution >= 4 is 40.2 Å². The normalized spacial score (nSPS) is 10.6. The van der Waals surface area contributed by atoms with E-state index in [2.05, 4.69) is 20.8 Å². The average Bonchev–Trinajstić information content (AvgIpc) is 2.96. The Kier molecular flexibility index (Phi) is 6.44. The third kappa shape index (κ3) is 5.81. The van der Waals surface area contributed by atoms with Crippen LogP contribution in [0.3, 0.4) is 0 Å². The molecule has 0 spiro atoms. The average molecular weight is 346 g/mol. The molecule has 1 heterocycles. The van der Waals surface area contributed by atoms with Gasteiger partial charge in [0.1, 0.15) is 0 Å². The van der Waals surface area contributed by atoms with E-state index in [9.17, 15) is 9.59 Å². The first-order valence-electron chi connectivity index (χ1n) is 7.33. The number of hydrogen-bond donors (Lipinski definition) is 2. The van der Waals surface area contributed by atoms with Gasteiger partial charge in [0, 0.05) is 18.0 Å². The molecule has 0 saturated heterocycles. The van der Waals surface area contributed by atoms with Gasteiger partial charge in [0.25, 0.3) is 0 Å². The summed E-state index contributed by atoms with van der Waals surface area (Å²) < 4.78 is 4.88. The summed E-state index contributed by atoms with van der Waals surface area (Å²) in [5, 5.41) is 9.18. The molecule has 1 amide bonds. The minimum Gasteiger partial charge on any atom is -0.466 e. The molecule has 2 rings (SSSR count). The Balaban J connectivity index is 1.86. The van der Waals surface area contributed by atoms with E-state index in [1.165, 1.54) is 18.3 Å². The van der Waals surface area contributed by atoms with Gasteiger partial charge in [0.2, 0.25) is 11.0 Å². The number of carbonyl (C=O) groups excluding carboxylic acids is 2. The smallest absolute Gasteiger partial charge is 0.311 e. The number of amides is 1. The number of carbonyl (C=O) groups is 2. The predicted molar refractivity (Wildman–Crippen MR) is 94.4 cm³/mol. The number of aromatic nitrogens is 1. The molecule has 24 heavy (non-hydrogen) atoms. The quantitative estimate of drug-likeness (QED) is 0.457. The van der Waals surface area contributed by atoms with Crippen LogP contribution in [0.1, 0.15) is 25.1 Å². The Morgan fingerprint density at radius 1 is 1.33 bits per heavy atom. The minimum absolute atomic E-state index is 0.111. The van der Waals surface area contributed by atoms with Crippen molar-refractivity contribution in [2.24, 2.45) is 5.10 Å². The molecule has 0 radical (unpaired) electrons. The highest BCUT2D eigenvalue weighted by molar-refractivity contribution is 7.13. The highest BCUT2D eigenvalue weighted by atomic mass is 32.1. The van der Waals surface area contributed by atoms with Gasteiger partial charge in [-0.3, -0.25) is 15.0 Å². The molecule has 0 atom stereocenters. The zero-order chi connectivity index (χ0) is 17.4. The summed E-state index contributed by atoms with van der Waals surface area (Å²) in [6.07, 6.45) is 1.80. The summed E-state index contributed by atoms with van der Waals surface area (Å²) in [5.41, 5.74) is 5.08. The van der Waals surface area contributed by atoms with Crippen LogP contribution in [0.5, 0.6) is 0 Å². The number of esters is 1. The first-order chi connectivity index (χ1) is 11.6. The van der Waals surface area contributed by atoms with Gasteiger partial charge in [-0.25, -0.2) is 4.98 Å². The molecule has 2 aromatic rings. The standard InChI is InChI=1S/C16H18N4O3S/c1-3-23-15(22)8-14-10-24-16(19-14)20-17-9-12-4-6-13(7-5-12)18-11(2)21/h4-7,9-10H,3,8H2,1-2H3,(H,18,21)(H,19,20). The molecule has 0 aliphatic heterocycles. The zero-order valence-electron chi connectivity index (χ0n) is 13.4. The number of thiazole rings is 1. The van der Waals surface area contributed by atoms with Crippen LogP contribution in [0.4, 0.5) is 10.8 Å². The van der Waals surface area contributed by atoms with Crippen LogP contribution in [0.25, 0.3) is 0 Å². The highest BCUT2D eigenvalue weighted by Crippen LogP contribution is 2.16. The molecular weight excluding hydrogens is 328 g/mol. The van der Waals surface area contributed by atoms with Crippen LogP contribution >= 0.6 is 11.3 Å². The molecule has 2 N–H and O–H groups in total. The fourth-order valence-corrected chi connectivity index (χ4v) is 2.48. The minimum atomic E-state index is -0.294. The Hall–Kier alpha value is -2.74. The number of rotatable bonds is 7. The van der Waals surface area contributed by atoms with E-state index < -0.39 is 0 Å². The summed E-state index contributed by atoms with van der Waals surface area (Å²) in [4.78, 5) is 26.6. The summed E-state index contributed by atoms with van der Waals surface area (Å²) in [7, 11) is 0. The molecule has 0 saturated carbocycles. The largest absolute Gasteiger partial charge is 0.466 e. The molecule has 126 valence electrons. The lowest BCUT2D eigenvalue weighted by atomic mass is 10.2. The number of nitrogens with one attached hydrogen (secondary N) is 2. The van der Waals surface area contributed by atoms with Gasteiger partial charge in [-0.05, 0) is 24.6 Å². The second-order valence-electron chi connectivity index (χ2n) is 4.80. The van der Waals surface area contributed by atoms with Crippen molar-refractivity contribution in [3.8, 4) is 0 Å². The lowest BCUT2D eigenvalue weighted by Gasteiger charge is -2.01. The van der Waals surface area contributed by atoms with Crippen LogP contribution in [-0.2, 0) is 20.7 Å². The van der Waals surface area contributed by atoms with Crippen LogP contribution in [0, 0.1) is 0 Å². The lowest BCUT2D eigenvalue weighted by Crippen LogP contribution is -2.07. The summed E-state index contributed by atoms with van der Waals surface area (Å²) in [5.74, 6) is -0.405.